The standard InChI is InChI=1S/C13H20O3S/c1-4-11-5-7-12(8-6-11)17(15,16)13(9-14)10(2)3/h5-8,10,13-14H,4,9H2,1-3H3. The van der Waals surface area contributed by atoms with Gasteiger partial charge in [0.1, 0.15) is 0 Å². The summed E-state index contributed by atoms with van der Waals surface area (Å²) < 4.78 is 24.5. The molecular formula is C13H20O3S. The van der Waals surface area contributed by atoms with Gasteiger partial charge in [0.2, 0.25) is 0 Å². The van der Waals surface area contributed by atoms with Gasteiger partial charge < -0.3 is 5.11 Å². The number of benzene rings is 1. The number of hydrogen-bond donors (Lipinski definition) is 1. The summed E-state index contributed by atoms with van der Waals surface area (Å²) in [5.41, 5.74) is 1.11. The molecule has 1 aromatic carbocycles. The lowest BCUT2D eigenvalue weighted by Gasteiger charge is -2.18. The van der Waals surface area contributed by atoms with Gasteiger partial charge in [-0.3, -0.25) is 0 Å². The number of sulfone groups is 1. The van der Waals surface area contributed by atoms with Crippen LogP contribution in [-0.2, 0) is 16.3 Å². The first-order valence-electron chi connectivity index (χ1n) is 5.87. The van der Waals surface area contributed by atoms with Crippen LogP contribution in [0.4, 0.5) is 0 Å². The van der Waals surface area contributed by atoms with Gasteiger partial charge in [0.25, 0.3) is 0 Å². The number of hydrogen-bond acceptors (Lipinski definition) is 3. The maximum absolute atomic E-state index is 12.2. The predicted octanol–water partition coefficient (Wildman–Crippen LogP) is 2.04. The average molecular weight is 256 g/mol. The predicted molar refractivity (Wildman–Crippen MR) is 68.7 cm³/mol. The van der Waals surface area contributed by atoms with Gasteiger partial charge in [-0.15, -0.1) is 0 Å². The van der Waals surface area contributed by atoms with Gasteiger partial charge in [-0.25, -0.2) is 8.42 Å². The van der Waals surface area contributed by atoms with E-state index in [0.717, 1.165) is 12.0 Å². The molecule has 0 fully saturated rings. The number of aryl methyl sites for hydroxylation is 1. The fraction of sp³-hybridized carbons (Fsp3) is 0.538. The Morgan fingerprint density at radius 3 is 2.06 bits per heavy atom. The van der Waals surface area contributed by atoms with Crippen LogP contribution in [0.25, 0.3) is 0 Å². The lowest BCUT2D eigenvalue weighted by molar-refractivity contribution is 0.269. The highest BCUT2D eigenvalue weighted by Crippen LogP contribution is 2.21. The van der Waals surface area contributed by atoms with Crippen molar-refractivity contribution in [1.82, 2.24) is 0 Å². The van der Waals surface area contributed by atoms with Crippen molar-refractivity contribution < 1.29 is 13.5 Å². The zero-order valence-corrected chi connectivity index (χ0v) is 11.4. The molecule has 0 aliphatic carbocycles. The van der Waals surface area contributed by atoms with Gasteiger partial charge in [-0.2, -0.15) is 0 Å². The molecule has 96 valence electrons. The van der Waals surface area contributed by atoms with Gasteiger partial charge in [0, 0.05) is 0 Å². The number of rotatable bonds is 5. The minimum absolute atomic E-state index is 0.101. The van der Waals surface area contributed by atoms with Crippen LogP contribution in [0.2, 0.25) is 0 Å². The first-order valence-corrected chi connectivity index (χ1v) is 7.41. The van der Waals surface area contributed by atoms with E-state index in [1.807, 2.05) is 19.1 Å². The first kappa shape index (κ1) is 14.2. The van der Waals surface area contributed by atoms with Gasteiger partial charge in [0.05, 0.1) is 16.8 Å². The van der Waals surface area contributed by atoms with E-state index in [2.05, 4.69) is 0 Å². The summed E-state index contributed by atoms with van der Waals surface area (Å²) >= 11 is 0. The van der Waals surface area contributed by atoms with E-state index in [4.69, 9.17) is 0 Å². The van der Waals surface area contributed by atoms with Crippen molar-refractivity contribution in [2.24, 2.45) is 5.92 Å². The molecule has 0 amide bonds. The van der Waals surface area contributed by atoms with Crippen molar-refractivity contribution in [3.8, 4) is 0 Å². The monoisotopic (exact) mass is 256 g/mol. The summed E-state index contributed by atoms with van der Waals surface area (Å²) in [7, 11) is -3.43. The fourth-order valence-electron chi connectivity index (χ4n) is 1.76. The van der Waals surface area contributed by atoms with Gasteiger partial charge in [-0.1, -0.05) is 32.9 Å². The summed E-state index contributed by atoms with van der Waals surface area (Å²) in [6.07, 6.45) is 0.883. The highest BCUT2D eigenvalue weighted by atomic mass is 32.2. The second kappa shape index (κ2) is 5.65. The third-order valence-electron chi connectivity index (χ3n) is 2.98. The lowest BCUT2D eigenvalue weighted by Crippen LogP contribution is -2.30. The molecule has 17 heavy (non-hydrogen) atoms. The Labute approximate surface area is 103 Å². The highest BCUT2D eigenvalue weighted by Gasteiger charge is 2.29. The minimum Gasteiger partial charge on any atom is -0.395 e. The van der Waals surface area contributed by atoms with Crippen molar-refractivity contribution in [3.05, 3.63) is 29.8 Å². The quantitative estimate of drug-likeness (QED) is 0.877. The van der Waals surface area contributed by atoms with E-state index >= 15 is 0 Å². The lowest BCUT2D eigenvalue weighted by atomic mass is 10.1. The summed E-state index contributed by atoms with van der Waals surface area (Å²) in [5.74, 6) is -0.101. The molecule has 0 aliphatic heterocycles. The highest BCUT2D eigenvalue weighted by molar-refractivity contribution is 7.92. The summed E-state index contributed by atoms with van der Waals surface area (Å²) in [4.78, 5) is 0.294. The summed E-state index contributed by atoms with van der Waals surface area (Å²) in [6.45, 7) is 5.29. The molecule has 0 saturated heterocycles. The Morgan fingerprint density at radius 2 is 1.71 bits per heavy atom. The first-order chi connectivity index (χ1) is 7.93. The van der Waals surface area contributed by atoms with Gasteiger partial charge in [-0.05, 0) is 30.0 Å². The molecule has 1 rings (SSSR count). The Kier molecular flexibility index (Phi) is 4.71. The third kappa shape index (κ3) is 3.07. The second-order valence-electron chi connectivity index (χ2n) is 4.51. The smallest absolute Gasteiger partial charge is 0.183 e. The molecular weight excluding hydrogens is 236 g/mol. The normalized spacial score (nSPS) is 13.9. The van der Waals surface area contributed by atoms with Gasteiger partial charge >= 0.3 is 0 Å². The Balaban J connectivity index is 3.11. The molecule has 0 heterocycles. The zero-order valence-electron chi connectivity index (χ0n) is 10.6. The van der Waals surface area contributed by atoms with Crippen molar-refractivity contribution in [1.29, 1.82) is 0 Å². The molecule has 1 aromatic rings. The number of aliphatic hydroxyl groups excluding tert-OH is 1. The molecule has 0 saturated carbocycles. The molecule has 0 radical (unpaired) electrons. The maximum atomic E-state index is 12.2. The Bertz CT molecular complexity index is 446. The fourth-order valence-corrected chi connectivity index (χ4v) is 3.53. The van der Waals surface area contributed by atoms with Crippen LogP contribution in [0.1, 0.15) is 26.3 Å². The average Bonchev–Trinajstić information content (AvgIpc) is 2.29. The van der Waals surface area contributed by atoms with E-state index in [9.17, 15) is 13.5 Å². The molecule has 1 unspecified atom stereocenters. The van der Waals surface area contributed by atoms with Crippen molar-refractivity contribution in [3.63, 3.8) is 0 Å². The molecule has 0 aromatic heterocycles. The van der Waals surface area contributed by atoms with E-state index < -0.39 is 15.1 Å². The van der Waals surface area contributed by atoms with Crippen LogP contribution < -0.4 is 0 Å². The molecule has 0 aliphatic rings. The second-order valence-corrected chi connectivity index (χ2v) is 6.67. The maximum Gasteiger partial charge on any atom is 0.183 e. The molecule has 3 nitrogen and oxygen atoms in total. The SMILES string of the molecule is CCc1ccc(S(=O)(=O)C(CO)C(C)C)cc1. The topological polar surface area (TPSA) is 54.4 Å². The van der Waals surface area contributed by atoms with E-state index in [-0.39, 0.29) is 12.5 Å². The number of aliphatic hydroxyl groups is 1. The van der Waals surface area contributed by atoms with E-state index in [1.54, 1.807) is 26.0 Å². The Hall–Kier alpha value is -0.870. The van der Waals surface area contributed by atoms with Crippen molar-refractivity contribution in [2.45, 2.75) is 37.3 Å². The molecule has 4 heteroatoms. The summed E-state index contributed by atoms with van der Waals surface area (Å²) in [6, 6.07) is 6.89. The third-order valence-corrected chi connectivity index (χ3v) is 5.40. The molecule has 0 bridgehead atoms. The van der Waals surface area contributed by atoms with Crippen LogP contribution in [0, 0.1) is 5.92 Å². The van der Waals surface area contributed by atoms with Crippen LogP contribution in [0.15, 0.2) is 29.2 Å². The van der Waals surface area contributed by atoms with Crippen LogP contribution in [0.3, 0.4) is 0 Å². The van der Waals surface area contributed by atoms with Crippen LogP contribution in [-0.4, -0.2) is 25.4 Å². The zero-order chi connectivity index (χ0) is 13.1. The largest absolute Gasteiger partial charge is 0.395 e. The van der Waals surface area contributed by atoms with Crippen molar-refractivity contribution >= 4 is 9.84 Å². The van der Waals surface area contributed by atoms with Gasteiger partial charge in [0.15, 0.2) is 9.84 Å². The molecule has 1 atom stereocenters. The Morgan fingerprint density at radius 1 is 1.18 bits per heavy atom. The summed E-state index contributed by atoms with van der Waals surface area (Å²) in [5, 5.41) is 8.49. The van der Waals surface area contributed by atoms with Crippen LogP contribution >= 0.6 is 0 Å². The van der Waals surface area contributed by atoms with Crippen molar-refractivity contribution in [2.75, 3.05) is 6.61 Å². The molecule has 0 spiro atoms. The molecule has 1 N–H and O–H groups in total. The van der Waals surface area contributed by atoms with E-state index in [1.165, 1.54) is 0 Å². The minimum atomic E-state index is -3.43. The van der Waals surface area contributed by atoms with E-state index in [0.29, 0.717) is 4.90 Å². The van der Waals surface area contributed by atoms with Crippen LogP contribution in [0.5, 0.6) is 0 Å².